The first-order valence-electron chi connectivity index (χ1n) is 7.90. The van der Waals surface area contributed by atoms with Crippen molar-refractivity contribution in [3.63, 3.8) is 0 Å². The molecule has 2 aliphatic rings. The quantitative estimate of drug-likeness (QED) is 0.928. The van der Waals surface area contributed by atoms with Gasteiger partial charge in [0.15, 0.2) is 0 Å². The van der Waals surface area contributed by atoms with Gasteiger partial charge in [-0.1, -0.05) is 30.3 Å². The summed E-state index contributed by atoms with van der Waals surface area (Å²) in [6, 6.07) is 10.8. The van der Waals surface area contributed by atoms with Gasteiger partial charge >= 0.3 is 0 Å². The van der Waals surface area contributed by atoms with Gasteiger partial charge in [0.05, 0.1) is 6.10 Å². The fraction of sp³-hybridized carbons (Fsp3) is 0.588. The lowest BCUT2D eigenvalue weighted by molar-refractivity contribution is -0.143. The smallest absolute Gasteiger partial charge is 0.251 e. The number of carbonyl (C=O) groups excluding carboxylic acids is 1. The molecular weight excluding hydrogens is 300 g/mol. The molecule has 2 unspecified atom stereocenters. The number of amides is 1. The molecular formula is C17H25ClN2O2. The van der Waals surface area contributed by atoms with Crippen LogP contribution in [0.15, 0.2) is 30.3 Å². The second-order valence-corrected chi connectivity index (χ2v) is 6.24. The van der Waals surface area contributed by atoms with Gasteiger partial charge < -0.3 is 15.4 Å². The van der Waals surface area contributed by atoms with Crippen molar-refractivity contribution in [2.24, 2.45) is 5.73 Å². The van der Waals surface area contributed by atoms with Crippen LogP contribution in [0.1, 0.15) is 37.7 Å². The van der Waals surface area contributed by atoms with Crippen LogP contribution in [0.5, 0.6) is 0 Å². The molecule has 22 heavy (non-hydrogen) atoms. The molecule has 1 amide bonds. The molecule has 0 aromatic heterocycles. The van der Waals surface area contributed by atoms with E-state index in [1.54, 1.807) is 0 Å². The monoisotopic (exact) mass is 324 g/mol. The Labute approximate surface area is 138 Å². The minimum atomic E-state index is -0.282. The number of rotatable bonds is 3. The minimum Gasteiger partial charge on any atom is -0.364 e. The molecule has 4 nitrogen and oxygen atoms in total. The average molecular weight is 325 g/mol. The lowest BCUT2D eigenvalue weighted by Gasteiger charge is -2.25. The highest BCUT2D eigenvalue weighted by Gasteiger charge is 2.39. The number of likely N-dealkylation sites (tertiary alicyclic amines) is 1. The predicted octanol–water partition coefficient (Wildman–Crippen LogP) is 2.32. The van der Waals surface area contributed by atoms with E-state index >= 15 is 0 Å². The van der Waals surface area contributed by atoms with Crippen molar-refractivity contribution in [1.82, 2.24) is 4.90 Å². The zero-order valence-corrected chi connectivity index (χ0v) is 13.8. The Kier molecular flexibility index (Phi) is 5.84. The zero-order chi connectivity index (χ0) is 14.8. The van der Waals surface area contributed by atoms with Crippen LogP contribution in [0.3, 0.4) is 0 Å². The average Bonchev–Trinajstić information content (AvgIpc) is 3.14. The van der Waals surface area contributed by atoms with E-state index in [0.717, 1.165) is 25.8 Å². The van der Waals surface area contributed by atoms with Crippen molar-refractivity contribution in [2.45, 2.75) is 50.4 Å². The Morgan fingerprint density at radius 1 is 1.32 bits per heavy atom. The molecule has 5 heteroatoms. The minimum absolute atomic E-state index is 0. The summed E-state index contributed by atoms with van der Waals surface area (Å²) >= 11 is 0. The van der Waals surface area contributed by atoms with Crippen LogP contribution in [0.2, 0.25) is 0 Å². The largest absolute Gasteiger partial charge is 0.364 e. The Morgan fingerprint density at radius 2 is 2.05 bits per heavy atom. The van der Waals surface area contributed by atoms with Crippen LogP contribution < -0.4 is 5.73 Å². The molecule has 0 aliphatic carbocycles. The van der Waals surface area contributed by atoms with Gasteiger partial charge in [-0.05, 0) is 31.7 Å². The third-order valence-electron chi connectivity index (χ3n) is 4.77. The summed E-state index contributed by atoms with van der Waals surface area (Å²) in [6.45, 7) is 3.44. The standard InChI is InChI=1S/C17H24N2O2.ClH/c1-12-9-14(13-5-3-2-4-6-13)11-19(12)17(20)16-8-7-15(10-18)21-16;/h2-6,12,14-16H,7-11,18H2,1H3;1H/t12?,14?,15-,16+;/m1./s1. The van der Waals surface area contributed by atoms with E-state index in [1.807, 2.05) is 11.0 Å². The number of nitrogens with two attached hydrogens (primary N) is 1. The summed E-state index contributed by atoms with van der Waals surface area (Å²) < 4.78 is 5.76. The molecule has 4 atom stereocenters. The van der Waals surface area contributed by atoms with E-state index in [4.69, 9.17) is 10.5 Å². The molecule has 2 N–H and O–H groups in total. The maximum Gasteiger partial charge on any atom is 0.251 e. The molecule has 2 heterocycles. The summed E-state index contributed by atoms with van der Waals surface area (Å²) in [5.41, 5.74) is 6.95. The number of halogens is 1. The Hall–Kier alpha value is -1.10. The summed E-state index contributed by atoms with van der Waals surface area (Å²) in [5.74, 6) is 0.591. The first-order valence-corrected chi connectivity index (χ1v) is 7.90. The lowest BCUT2D eigenvalue weighted by Crippen LogP contribution is -2.41. The first kappa shape index (κ1) is 17.3. The summed E-state index contributed by atoms with van der Waals surface area (Å²) in [4.78, 5) is 14.7. The topological polar surface area (TPSA) is 55.6 Å². The van der Waals surface area contributed by atoms with Crippen molar-refractivity contribution in [3.8, 4) is 0 Å². The van der Waals surface area contributed by atoms with E-state index in [2.05, 4.69) is 31.2 Å². The highest BCUT2D eigenvalue weighted by atomic mass is 35.5. The summed E-state index contributed by atoms with van der Waals surface area (Å²) in [5, 5.41) is 0. The number of benzene rings is 1. The number of hydrogen-bond donors (Lipinski definition) is 1. The Balaban J connectivity index is 0.00000176. The van der Waals surface area contributed by atoms with Crippen molar-refractivity contribution >= 4 is 18.3 Å². The van der Waals surface area contributed by atoms with Crippen molar-refractivity contribution in [1.29, 1.82) is 0 Å². The third kappa shape index (κ3) is 3.45. The second-order valence-electron chi connectivity index (χ2n) is 6.24. The normalized spacial score (nSPS) is 31.1. The van der Waals surface area contributed by atoms with E-state index in [9.17, 15) is 4.79 Å². The molecule has 2 saturated heterocycles. The molecule has 0 bridgehead atoms. The van der Waals surface area contributed by atoms with Gasteiger partial charge in [0.1, 0.15) is 6.10 Å². The Bertz CT molecular complexity index is 497. The molecule has 0 saturated carbocycles. The molecule has 0 radical (unpaired) electrons. The number of carbonyl (C=O) groups is 1. The van der Waals surface area contributed by atoms with Crippen molar-refractivity contribution in [2.75, 3.05) is 13.1 Å². The SMILES string of the molecule is CC1CC(c2ccccc2)CN1C(=O)[C@@H]1CC[C@H](CN)O1.Cl. The highest BCUT2D eigenvalue weighted by molar-refractivity contribution is 5.85. The van der Waals surface area contributed by atoms with Gasteiger partial charge in [-0.3, -0.25) is 4.79 Å². The maximum atomic E-state index is 12.7. The van der Waals surface area contributed by atoms with Gasteiger partial charge in [0.25, 0.3) is 5.91 Å². The molecule has 0 spiro atoms. The van der Waals surface area contributed by atoms with E-state index in [-0.39, 0.29) is 36.6 Å². The highest BCUT2D eigenvalue weighted by Crippen LogP contribution is 2.33. The van der Waals surface area contributed by atoms with Gasteiger partial charge in [0, 0.05) is 25.0 Å². The summed E-state index contributed by atoms with van der Waals surface area (Å²) in [6.07, 6.45) is 2.51. The fourth-order valence-electron chi connectivity index (χ4n) is 3.55. The molecule has 2 fully saturated rings. The fourth-order valence-corrected chi connectivity index (χ4v) is 3.55. The van der Waals surface area contributed by atoms with Crippen LogP contribution in [0, 0.1) is 0 Å². The van der Waals surface area contributed by atoms with Gasteiger partial charge in [0.2, 0.25) is 0 Å². The first-order chi connectivity index (χ1) is 10.2. The van der Waals surface area contributed by atoms with E-state index < -0.39 is 0 Å². The number of nitrogens with zero attached hydrogens (tertiary/aromatic N) is 1. The van der Waals surface area contributed by atoms with Crippen LogP contribution in [-0.2, 0) is 9.53 Å². The molecule has 2 aliphatic heterocycles. The van der Waals surface area contributed by atoms with Crippen LogP contribution in [0.25, 0.3) is 0 Å². The molecule has 122 valence electrons. The van der Waals surface area contributed by atoms with Crippen LogP contribution in [-0.4, -0.2) is 42.1 Å². The Morgan fingerprint density at radius 3 is 2.68 bits per heavy atom. The number of hydrogen-bond acceptors (Lipinski definition) is 3. The van der Waals surface area contributed by atoms with Crippen LogP contribution in [0.4, 0.5) is 0 Å². The molecule has 3 rings (SSSR count). The lowest BCUT2D eigenvalue weighted by atomic mass is 9.97. The van der Waals surface area contributed by atoms with E-state index in [0.29, 0.717) is 12.5 Å². The van der Waals surface area contributed by atoms with Gasteiger partial charge in [-0.2, -0.15) is 0 Å². The second kappa shape index (κ2) is 7.44. The summed E-state index contributed by atoms with van der Waals surface area (Å²) in [7, 11) is 0. The van der Waals surface area contributed by atoms with Gasteiger partial charge in [-0.15, -0.1) is 12.4 Å². The van der Waals surface area contributed by atoms with Crippen molar-refractivity contribution < 1.29 is 9.53 Å². The van der Waals surface area contributed by atoms with Gasteiger partial charge in [-0.25, -0.2) is 0 Å². The van der Waals surface area contributed by atoms with Crippen molar-refractivity contribution in [3.05, 3.63) is 35.9 Å². The zero-order valence-electron chi connectivity index (χ0n) is 13.0. The number of ether oxygens (including phenoxy) is 1. The van der Waals surface area contributed by atoms with Crippen LogP contribution >= 0.6 is 12.4 Å². The third-order valence-corrected chi connectivity index (χ3v) is 4.77. The molecule has 1 aromatic carbocycles. The molecule has 1 aromatic rings. The maximum absolute atomic E-state index is 12.7. The predicted molar refractivity (Wildman–Crippen MR) is 89.2 cm³/mol. The van der Waals surface area contributed by atoms with E-state index in [1.165, 1.54) is 5.56 Å².